The molecule has 1 amide bonds. The number of aliphatic carboxylic acids is 1. The van der Waals surface area contributed by atoms with Gasteiger partial charge in [-0.1, -0.05) is 0 Å². The molecule has 21 heavy (non-hydrogen) atoms. The van der Waals surface area contributed by atoms with Gasteiger partial charge >= 0.3 is 5.97 Å². The van der Waals surface area contributed by atoms with Crippen LogP contribution in [-0.2, 0) is 4.79 Å². The Labute approximate surface area is 125 Å². The van der Waals surface area contributed by atoms with Crippen LogP contribution < -0.4 is 4.74 Å². The molecule has 0 aliphatic heterocycles. The molecule has 0 aliphatic rings. The second-order valence-corrected chi connectivity index (χ2v) is 5.73. The van der Waals surface area contributed by atoms with E-state index in [1.807, 2.05) is 27.7 Å². The lowest BCUT2D eigenvalue weighted by atomic mass is 10.0. The van der Waals surface area contributed by atoms with Gasteiger partial charge in [0, 0.05) is 17.6 Å². The fourth-order valence-electron chi connectivity index (χ4n) is 1.97. The third-order valence-corrected chi connectivity index (χ3v) is 3.02. The molecule has 1 aromatic rings. The Morgan fingerprint density at radius 3 is 2.19 bits per heavy atom. The maximum Gasteiger partial charge on any atom is 0.305 e. The van der Waals surface area contributed by atoms with Crippen LogP contribution in [-0.4, -0.2) is 40.6 Å². The highest BCUT2D eigenvalue weighted by atomic mass is 16.5. The number of carbonyl (C=O) groups excluding carboxylic acids is 1. The number of hydrogen-bond donors (Lipinski definition) is 1. The van der Waals surface area contributed by atoms with Crippen molar-refractivity contribution in [3.05, 3.63) is 29.8 Å². The van der Waals surface area contributed by atoms with E-state index in [9.17, 15) is 9.59 Å². The molecule has 0 atom stereocenters. The lowest BCUT2D eigenvalue weighted by Crippen LogP contribution is -2.46. The highest BCUT2D eigenvalue weighted by Gasteiger charge is 2.27. The first kappa shape index (κ1) is 17.0. The van der Waals surface area contributed by atoms with E-state index in [-0.39, 0.29) is 18.9 Å². The van der Waals surface area contributed by atoms with Crippen molar-refractivity contribution in [2.75, 3.05) is 13.2 Å². The minimum atomic E-state index is -0.913. The number of amides is 1. The monoisotopic (exact) mass is 293 g/mol. The predicted molar refractivity (Wildman–Crippen MR) is 80.7 cm³/mol. The third-order valence-electron chi connectivity index (χ3n) is 3.02. The number of ether oxygens (including phenoxy) is 1. The molecule has 0 heterocycles. The van der Waals surface area contributed by atoms with Crippen LogP contribution in [0.4, 0.5) is 0 Å². The Kier molecular flexibility index (Phi) is 5.76. The molecule has 1 aromatic carbocycles. The van der Waals surface area contributed by atoms with Crippen molar-refractivity contribution in [3.8, 4) is 5.75 Å². The number of carboxylic acid groups (broad SMARTS) is 1. The molecule has 0 unspecified atom stereocenters. The second-order valence-electron chi connectivity index (χ2n) is 5.73. The zero-order chi connectivity index (χ0) is 16.0. The lowest BCUT2D eigenvalue weighted by Gasteiger charge is -2.35. The summed E-state index contributed by atoms with van der Waals surface area (Å²) in [4.78, 5) is 24.9. The number of carbonyl (C=O) groups is 2. The van der Waals surface area contributed by atoms with Crippen LogP contribution in [0.15, 0.2) is 24.3 Å². The van der Waals surface area contributed by atoms with E-state index >= 15 is 0 Å². The zero-order valence-electron chi connectivity index (χ0n) is 13.0. The van der Waals surface area contributed by atoms with Crippen molar-refractivity contribution in [3.63, 3.8) is 0 Å². The first-order valence-electron chi connectivity index (χ1n) is 7.02. The van der Waals surface area contributed by atoms with Crippen LogP contribution >= 0.6 is 0 Å². The fraction of sp³-hybridized carbons (Fsp3) is 0.500. The number of hydrogen-bond acceptors (Lipinski definition) is 3. The van der Waals surface area contributed by atoms with Crippen LogP contribution in [0.2, 0.25) is 0 Å². The molecule has 0 saturated carbocycles. The van der Waals surface area contributed by atoms with E-state index in [0.717, 1.165) is 0 Å². The summed E-state index contributed by atoms with van der Waals surface area (Å²) >= 11 is 0. The summed E-state index contributed by atoms with van der Waals surface area (Å²) in [5.74, 6) is -0.377. The largest absolute Gasteiger partial charge is 0.494 e. The number of carboxylic acids is 1. The van der Waals surface area contributed by atoms with Gasteiger partial charge in [0.1, 0.15) is 5.75 Å². The first-order chi connectivity index (χ1) is 9.75. The van der Waals surface area contributed by atoms with Gasteiger partial charge in [0.2, 0.25) is 0 Å². The molecule has 5 heteroatoms. The molecule has 0 saturated heterocycles. The van der Waals surface area contributed by atoms with Gasteiger partial charge in [-0.2, -0.15) is 0 Å². The molecule has 0 spiro atoms. The summed E-state index contributed by atoms with van der Waals surface area (Å²) in [6, 6.07) is 6.89. The van der Waals surface area contributed by atoms with Crippen molar-refractivity contribution < 1.29 is 19.4 Å². The van der Waals surface area contributed by atoms with E-state index in [1.165, 1.54) is 0 Å². The molecular weight excluding hydrogens is 270 g/mol. The molecular formula is C16H23NO4. The highest BCUT2D eigenvalue weighted by Crippen LogP contribution is 2.20. The van der Waals surface area contributed by atoms with Crippen molar-refractivity contribution in [2.45, 2.75) is 39.7 Å². The molecule has 0 aliphatic carbocycles. The standard InChI is InChI=1S/C16H23NO4/c1-5-21-13-8-6-12(7-9-13)15(20)17(16(2,3)4)11-10-14(18)19/h6-9H,5,10-11H2,1-4H3,(H,18,19). The Balaban J connectivity index is 2.91. The summed E-state index contributed by atoms with van der Waals surface area (Å²) < 4.78 is 5.34. The Bertz CT molecular complexity index is 488. The summed E-state index contributed by atoms with van der Waals surface area (Å²) in [7, 11) is 0. The smallest absolute Gasteiger partial charge is 0.305 e. The van der Waals surface area contributed by atoms with Gasteiger partial charge in [0.05, 0.1) is 13.0 Å². The van der Waals surface area contributed by atoms with Crippen molar-refractivity contribution in [2.24, 2.45) is 0 Å². The Hall–Kier alpha value is -2.04. The van der Waals surface area contributed by atoms with Gasteiger partial charge in [-0.3, -0.25) is 9.59 Å². The number of rotatable bonds is 6. The van der Waals surface area contributed by atoms with E-state index in [0.29, 0.717) is 17.9 Å². The van der Waals surface area contributed by atoms with Gasteiger partial charge < -0.3 is 14.7 Å². The Morgan fingerprint density at radius 2 is 1.76 bits per heavy atom. The van der Waals surface area contributed by atoms with E-state index in [4.69, 9.17) is 9.84 Å². The maximum atomic E-state index is 12.6. The normalized spacial score (nSPS) is 11.0. The third kappa shape index (κ3) is 5.10. The van der Waals surface area contributed by atoms with Gasteiger partial charge in [-0.05, 0) is 52.0 Å². The minimum absolute atomic E-state index is 0.0694. The summed E-state index contributed by atoms with van der Waals surface area (Å²) in [5, 5.41) is 8.82. The highest BCUT2D eigenvalue weighted by molar-refractivity contribution is 5.95. The lowest BCUT2D eigenvalue weighted by molar-refractivity contribution is -0.137. The molecule has 5 nitrogen and oxygen atoms in total. The predicted octanol–water partition coefficient (Wildman–Crippen LogP) is 2.80. The van der Waals surface area contributed by atoms with Gasteiger partial charge in [-0.15, -0.1) is 0 Å². The van der Waals surface area contributed by atoms with Crippen LogP contribution in [0, 0.1) is 0 Å². The number of nitrogens with zero attached hydrogens (tertiary/aromatic N) is 1. The molecule has 1 rings (SSSR count). The number of benzene rings is 1. The average molecular weight is 293 g/mol. The van der Waals surface area contributed by atoms with Gasteiger partial charge in [0.25, 0.3) is 5.91 Å². The van der Waals surface area contributed by atoms with E-state index in [2.05, 4.69) is 0 Å². The van der Waals surface area contributed by atoms with Crippen LogP contribution in [0.5, 0.6) is 5.75 Å². The summed E-state index contributed by atoms with van der Waals surface area (Å²) in [5.41, 5.74) is 0.0873. The summed E-state index contributed by atoms with van der Waals surface area (Å²) in [6.07, 6.45) is -0.0694. The minimum Gasteiger partial charge on any atom is -0.494 e. The molecule has 0 radical (unpaired) electrons. The average Bonchev–Trinajstić information content (AvgIpc) is 2.38. The molecule has 0 bridgehead atoms. The van der Waals surface area contributed by atoms with Crippen molar-refractivity contribution in [1.82, 2.24) is 4.90 Å². The summed E-state index contributed by atoms with van der Waals surface area (Å²) in [6.45, 7) is 8.32. The van der Waals surface area contributed by atoms with Crippen molar-refractivity contribution >= 4 is 11.9 Å². The molecule has 1 N–H and O–H groups in total. The van der Waals surface area contributed by atoms with Crippen molar-refractivity contribution in [1.29, 1.82) is 0 Å². The zero-order valence-corrected chi connectivity index (χ0v) is 13.0. The fourth-order valence-corrected chi connectivity index (χ4v) is 1.97. The van der Waals surface area contributed by atoms with E-state index < -0.39 is 11.5 Å². The molecule has 0 fully saturated rings. The maximum absolute atomic E-state index is 12.6. The molecule has 116 valence electrons. The van der Waals surface area contributed by atoms with Gasteiger partial charge in [-0.25, -0.2) is 0 Å². The topological polar surface area (TPSA) is 66.8 Å². The Morgan fingerprint density at radius 1 is 1.19 bits per heavy atom. The van der Waals surface area contributed by atoms with Crippen LogP contribution in [0.25, 0.3) is 0 Å². The van der Waals surface area contributed by atoms with Crippen LogP contribution in [0.1, 0.15) is 44.5 Å². The van der Waals surface area contributed by atoms with Gasteiger partial charge in [0.15, 0.2) is 0 Å². The van der Waals surface area contributed by atoms with Crippen LogP contribution in [0.3, 0.4) is 0 Å². The molecule has 0 aromatic heterocycles. The quantitative estimate of drug-likeness (QED) is 0.875. The SMILES string of the molecule is CCOc1ccc(C(=O)N(CCC(=O)O)C(C)(C)C)cc1. The second kappa shape index (κ2) is 7.11. The van der Waals surface area contributed by atoms with E-state index in [1.54, 1.807) is 29.2 Å². The first-order valence-corrected chi connectivity index (χ1v) is 7.02.